The minimum Gasteiger partial charge on any atom is -0.489 e. The fourth-order valence-corrected chi connectivity index (χ4v) is 2.39. The zero-order valence-corrected chi connectivity index (χ0v) is 15.0. The van der Waals surface area contributed by atoms with Crippen molar-refractivity contribution in [2.24, 2.45) is 5.10 Å². The molecule has 0 atom stereocenters. The first-order chi connectivity index (χ1) is 13.1. The predicted molar refractivity (Wildman–Crippen MR) is 104 cm³/mol. The average molecular weight is 383 g/mol. The molecule has 0 heterocycles. The number of hydrogen-bond donors (Lipinski definition) is 1. The Balaban J connectivity index is 1.56. The maximum atomic E-state index is 12.9. The van der Waals surface area contributed by atoms with Crippen molar-refractivity contribution in [3.63, 3.8) is 0 Å². The van der Waals surface area contributed by atoms with E-state index in [1.807, 2.05) is 48.5 Å². The molecule has 0 aromatic heterocycles. The molecule has 0 bridgehead atoms. The summed E-state index contributed by atoms with van der Waals surface area (Å²) in [5, 5.41) is 4.60. The Labute approximate surface area is 161 Å². The molecule has 0 spiro atoms. The number of nitrogens with zero attached hydrogens (tertiary/aromatic N) is 1. The lowest BCUT2D eigenvalue weighted by Crippen LogP contribution is -2.17. The van der Waals surface area contributed by atoms with Crippen LogP contribution in [0.3, 0.4) is 0 Å². The molecule has 3 aromatic carbocycles. The molecule has 3 aromatic rings. The van der Waals surface area contributed by atoms with Crippen molar-refractivity contribution in [3.8, 4) is 5.75 Å². The third-order valence-corrected chi connectivity index (χ3v) is 3.91. The van der Waals surface area contributed by atoms with Gasteiger partial charge in [-0.1, -0.05) is 35.9 Å². The van der Waals surface area contributed by atoms with E-state index in [9.17, 15) is 9.18 Å². The Morgan fingerprint density at radius 1 is 1.07 bits per heavy atom. The molecule has 0 aliphatic rings. The van der Waals surface area contributed by atoms with Gasteiger partial charge in [0.25, 0.3) is 5.91 Å². The molecule has 27 heavy (non-hydrogen) atoms. The molecule has 0 radical (unpaired) electrons. The second-order valence-electron chi connectivity index (χ2n) is 5.69. The summed E-state index contributed by atoms with van der Waals surface area (Å²) in [7, 11) is 0. The van der Waals surface area contributed by atoms with Gasteiger partial charge in [0.15, 0.2) is 0 Å². The molecule has 4 nitrogen and oxygen atoms in total. The number of nitrogens with one attached hydrogen (secondary N) is 1. The molecular weight excluding hydrogens is 367 g/mol. The minimum atomic E-state index is -0.415. The first kappa shape index (κ1) is 18.6. The van der Waals surface area contributed by atoms with Crippen molar-refractivity contribution in [2.45, 2.75) is 6.61 Å². The summed E-state index contributed by atoms with van der Waals surface area (Å²) in [5.41, 5.74) is 4.50. The molecule has 0 unspecified atom stereocenters. The number of carbonyl (C=O) groups excluding carboxylic acids is 1. The van der Waals surface area contributed by atoms with Crippen LogP contribution in [0.2, 0.25) is 5.02 Å². The average Bonchev–Trinajstić information content (AvgIpc) is 2.68. The van der Waals surface area contributed by atoms with E-state index in [4.69, 9.17) is 16.3 Å². The van der Waals surface area contributed by atoms with Crippen molar-refractivity contribution in [3.05, 3.63) is 100 Å². The smallest absolute Gasteiger partial charge is 0.271 e. The van der Waals surface area contributed by atoms with Gasteiger partial charge in [0, 0.05) is 10.6 Å². The summed E-state index contributed by atoms with van der Waals surface area (Å²) >= 11 is 5.86. The van der Waals surface area contributed by atoms with E-state index < -0.39 is 11.7 Å². The van der Waals surface area contributed by atoms with Crippen LogP contribution in [0.5, 0.6) is 5.75 Å². The van der Waals surface area contributed by atoms with Crippen LogP contribution >= 0.6 is 11.6 Å². The quantitative estimate of drug-likeness (QED) is 0.490. The number of benzene rings is 3. The van der Waals surface area contributed by atoms with E-state index in [0.717, 1.165) is 11.1 Å². The van der Waals surface area contributed by atoms with Gasteiger partial charge >= 0.3 is 0 Å². The minimum absolute atomic E-state index is 0.327. The highest BCUT2D eigenvalue weighted by Crippen LogP contribution is 2.15. The first-order valence-corrected chi connectivity index (χ1v) is 8.54. The van der Waals surface area contributed by atoms with Crippen LogP contribution in [-0.4, -0.2) is 12.1 Å². The summed E-state index contributed by atoms with van der Waals surface area (Å²) in [6, 6.07) is 20.0. The van der Waals surface area contributed by atoms with E-state index >= 15 is 0 Å². The van der Waals surface area contributed by atoms with Crippen molar-refractivity contribution >= 4 is 23.7 Å². The second-order valence-corrected chi connectivity index (χ2v) is 6.13. The number of carbonyl (C=O) groups is 1. The highest BCUT2D eigenvalue weighted by Gasteiger charge is 2.03. The number of amides is 1. The van der Waals surface area contributed by atoms with Gasteiger partial charge in [-0.2, -0.15) is 5.10 Å². The van der Waals surface area contributed by atoms with Gasteiger partial charge in [-0.05, 0) is 59.7 Å². The Kier molecular flexibility index (Phi) is 6.18. The normalized spacial score (nSPS) is 10.7. The molecule has 0 saturated heterocycles. The summed E-state index contributed by atoms with van der Waals surface area (Å²) in [5.74, 6) is -0.134. The zero-order valence-electron chi connectivity index (χ0n) is 14.2. The first-order valence-electron chi connectivity index (χ1n) is 8.16. The topological polar surface area (TPSA) is 50.7 Å². The lowest BCUT2D eigenvalue weighted by atomic mass is 10.2. The van der Waals surface area contributed by atoms with Crippen LogP contribution in [0.25, 0.3) is 0 Å². The Bertz CT molecular complexity index is 941. The number of halogens is 2. The maximum absolute atomic E-state index is 12.9. The van der Waals surface area contributed by atoms with E-state index in [0.29, 0.717) is 22.9 Å². The number of hydrazone groups is 1. The van der Waals surface area contributed by atoms with E-state index in [2.05, 4.69) is 10.5 Å². The van der Waals surface area contributed by atoms with Crippen LogP contribution in [0, 0.1) is 5.82 Å². The van der Waals surface area contributed by atoms with Crippen molar-refractivity contribution in [1.29, 1.82) is 0 Å². The van der Waals surface area contributed by atoms with Crippen LogP contribution in [0.1, 0.15) is 21.5 Å². The number of rotatable bonds is 6. The fourth-order valence-electron chi connectivity index (χ4n) is 2.26. The lowest BCUT2D eigenvalue weighted by molar-refractivity contribution is 0.0955. The van der Waals surface area contributed by atoms with Crippen LogP contribution in [0.4, 0.5) is 4.39 Å². The molecular formula is C21H16ClFN2O2. The Morgan fingerprint density at radius 3 is 2.56 bits per heavy atom. The molecule has 0 aliphatic heterocycles. The van der Waals surface area contributed by atoms with Crippen LogP contribution in [-0.2, 0) is 6.61 Å². The standard InChI is InChI=1S/C21H16ClFN2O2/c22-18-8-4-15(5-9-18)14-27-20-3-1-2-16(12-20)13-24-25-21(26)17-6-10-19(23)11-7-17/h1-13H,14H2,(H,25,26). The summed E-state index contributed by atoms with van der Waals surface area (Å²) in [6.07, 6.45) is 1.51. The van der Waals surface area contributed by atoms with Crippen LogP contribution in [0.15, 0.2) is 77.9 Å². The number of ether oxygens (including phenoxy) is 1. The van der Waals surface area contributed by atoms with E-state index in [1.165, 1.54) is 30.5 Å². The predicted octanol–water partition coefficient (Wildman–Crippen LogP) is 4.82. The molecule has 3 rings (SSSR count). The van der Waals surface area contributed by atoms with Gasteiger partial charge in [0.1, 0.15) is 18.2 Å². The van der Waals surface area contributed by atoms with Gasteiger partial charge in [0.2, 0.25) is 0 Å². The van der Waals surface area contributed by atoms with Crippen molar-refractivity contribution in [2.75, 3.05) is 0 Å². The Hall–Kier alpha value is -3.18. The lowest BCUT2D eigenvalue weighted by Gasteiger charge is -2.07. The van der Waals surface area contributed by atoms with Gasteiger partial charge in [-0.25, -0.2) is 9.82 Å². The maximum Gasteiger partial charge on any atom is 0.271 e. The monoisotopic (exact) mass is 382 g/mol. The third kappa shape index (κ3) is 5.66. The van der Waals surface area contributed by atoms with Crippen LogP contribution < -0.4 is 10.2 Å². The summed E-state index contributed by atoms with van der Waals surface area (Å²) < 4.78 is 18.6. The molecule has 136 valence electrons. The SMILES string of the molecule is O=C(NN=Cc1cccc(OCc2ccc(Cl)cc2)c1)c1ccc(F)cc1. The van der Waals surface area contributed by atoms with Crippen molar-refractivity contribution in [1.82, 2.24) is 5.43 Å². The third-order valence-electron chi connectivity index (χ3n) is 3.66. The van der Waals surface area contributed by atoms with E-state index in [-0.39, 0.29) is 0 Å². The molecule has 1 N–H and O–H groups in total. The molecule has 0 aliphatic carbocycles. The highest BCUT2D eigenvalue weighted by molar-refractivity contribution is 6.30. The zero-order chi connectivity index (χ0) is 19.1. The summed E-state index contributed by atoms with van der Waals surface area (Å²) in [4.78, 5) is 11.9. The van der Waals surface area contributed by atoms with E-state index in [1.54, 1.807) is 0 Å². The highest BCUT2D eigenvalue weighted by atomic mass is 35.5. The van der Waals surface area contributed by atoms with Gasteiger partial charge in [-0.15, -0.1) is 0 Å². The summed E-state index contributed by atoms with van der Waals surface area (Å²) in [6.45, 7) is 0.416. The van der Waals surface area contributed by atoms with Gasteiger partial charge < -0.3 is 4.74 Å². The molecule has 1 amide bonds. The fraction of sp³-hybridized carbons (Fsp3) is 0.0476. The largest absolute Gasteiger partial charge is 0.489 e. The molecule has 6 heteroatoms. The second kappa shape index (κ2) is 8.96. The van der Waals surface area contributed by atoms with Gasteiger partial charge in [-0.3, -0.25) is 4.79 Å². The number of hydrogen-bond acceptors (Lipinski definition) is 3. The van der Waals surface area contributed by atoms with Gasteiger partial charge in [0.05, 0.1) is 6.21 Å². The molecule has 0 saturated carbocycles. The Morgan fingerprint density at radius 2 is 1.81 bits per heavy atom. The molecule has 0 fully saturated rings. The van der Waals surface area contributed by atoms with Crippen molar-refractivity contribution < 1.29 is 13.9 Å².